The maximum absolute atomic E-state index is 12.5. The average molecular weight is 366 g/mol. The van der Waals surface area contributed by atoms with Gasteiger partial charge in [-0.1, -0.05) is 43.5 Å². The number of hydrogen-bond donors (Lipinski definition) is 1. The predicted molar refractivity (Wildman–Crippen MR) is 98.7 cm³/mol. The van der Waals surface area contributed by atoms with Crippen LogP contribution in [0.5, 0.6) is 0 Å². The van der Waals surface area contributed by atoms with Gasteiger partial charge in [0.15, 0.2) is 0 Å². The molecule has 0 spiro atoms. The maximum Gasteiger partial charge on any atom is 0.338 e. The second-order valence-electron chi connectivity index (χ2n) is 7.55. The van der Waals surface area contributed by atoms with Crippen LogP contribution in [0, 0.1) is 17.8 Å². The zero-order chi connectivity index (χ0) is 19.3. The van der Waals surface area contributed by atoms with E-state index in [4.69, 9.17) is 9.47 Å². The number of carbonyl (C=O) groups is 2. The summed E-state index contributed by atoms with van der Waals surface area (Å²) in [5.74, 6) is -1.67. The van der Waals surface area contributed by atoms with Crippen molar-refractivity contribution in [2.24, 2.45) is 17.8 Å². The molecule has 1 N–H and O–H groups in total. The van der Waals surface area contributed by atoms with Crippen LogP contribution in [0.25, 0.3) is 0 Å². The number of carbonyl (C=O) groups excluding carboxylic acids is 2. The summed E-state index contributed by atoms with van der Waals surface area (Å²) in [7, 11) is 0. The van der Waals surface area contributed by atoms with Gasteiger partial charge in [-0.05, 0) is 36.5 Å². The third-order valence-corrected chi connectivity index (χ3v) is 6.03. The van der Waals surface area contributed by atoms with E-state index in [1.807, 2.05) is 6.07 Å². The Labute approximate surface area is 158 Å². The van der Waals surface area contributed by atoms with Crippen LogP contribution in [0.4, 0.5) is 0 Å². The molecule has 5 nitrogen and oxygen atoms in total. The first kappa shape index (κ1) is 17.7. The van der Waals surface area contributed by atoms with Crippen molar-refractivity contribution in [3.05, 3.63) is 72.4 Å². The first-order valence-corrected chi connectivity index (χ1v) is 9.08. The van der Waals surface area contributed by atoms with E-state index < -0.39 is 36.2 Å². The van der Waals surface area contributed by atoms with Gasteiger partial charge in [-0.15, -0.1) is 0 Å². The molecule has 0 bridgehead atoms. The Morgan fingerprint density at radius 1 is 1.15 bits per heavy atom. The first-order chi connectivity index (χ1) is 12.9. The fourth-order valence-corrected chi connectivity index (χ4v) is 4.66. The Bertz CT molecular complexity index is 840. The Hall–Kier alpha value is -2.66. The van der Waals surface area contributed by atoms with Gasteiger partial charge >= 0.3 is 11.9 Å². The summed E-state index contributed by atoms with van der Waals surface area (Å²) in [4.78, 5) is 24.5. The Morgan fingerprint density at radius 3 is 2.56 bits per heavy atom. The molecule has 0 unspecified atom stereocenters. The van der Waals surface area contributed by atoms with Gasteiger partial charge in [0.25, 0.3) is 0 Å². The molecule has 6 atom stereocenters. The second-order valence-corrected chi connectivity index (χ2v) is 7.55. The van der Waals surface area contributed by atoms with Crippen LogP contribution in [-0.2, 0) is 14.3 Å². The summed E-state index contributed by atoms with van der Waals surface area (Å²) in [5, 5.41) is 10.6. The van der Waals surface area contributed by atoms with Gasteiger partial charge in [0.05, 0.1) is 17.6 Å². The van der Waals surface area contributed by atoms with Crippen molar-refractivity contribution in [3.8, 4) is 0 Å². The average Bonchev–Trinajstić information content (AvgIpc) is 3.09. The van der Waals surface area contributed by atoms with Gasteiger partial charge in [-0.3, -0.25) is 0 Å². The molecule has 3 fully saturated rings. The van der Waals surface area contributed by atoms with E-state index in [1.54, 1.807) is 24.3 Å². The molecule has 140 valence electrons. The number of hydrogen-bond acceptors (Lipinski definition) is 5. The quantitative estimate of drug-likeness (QED) is 0.495. The van der Waals surface area contributed by atoms with Gasteiger partial charge in [0, 0.05) is 11.5 Å². The fraction of sp³-hybridized carbons (Fsp3) is 0.364. The molecule has 1 saturated heterocycles. The molecule has 0 radical (unpaired) electrons. The number of aliphatic hydroxyl groups is 1. The monoisotopic (exact) mass is 366 g/mol. The molecule has 27 heavy (non-hydrogen) atoms. The van der Waals surface area contributed by atoms with E-state index in [1.165, 1.54) is 0 Å². The number of benzene rings is 1. The normalized spacial score (nSPS) is 35.3. The molecule has 1 aromatic carbocycles. The zero-order valence-electron chi connectivity index (χ0n) is 15.0. The largest absolute Gasteiger partial charge is 0.458 e. The van der Waals surface area contributed by atoms with Crippen LogP contribution in [0.3, 0.4) is 0 Å². The molecule has 3 aliphatic rings. The maximum atomic E-state index is 12.5. The minimum atomic E-state index is -0.759. The molecule has 1 heterocycles. The Kier molecular flexibility index (Phi) is 4.27. The van der Waals surface area contributed by atoms with Crippen LogP contribution >= 0.6 is 0 Å². The van der Waals surface area contributed by atoms with Crippen molar-refractivity contribution in [1.82, 2.24) is 0 Å². The number of rotatable bonds is 2. The first-order valence-electron chi connectivity index (χ1n) is 9.08. The van der Waals surface area contributed by atoms with Crippen molar-refractivity contribution in [1.29, 1.82) is 0 Å². The second kappa shape index (κ2) is 6.50. The number of esters is 2. The summed E-state index contributed by atoms with van der Waals surface area (Å²) in [6, 6.07) is 8.79. The van der Waals surface area contributed by atoms with Gasteiger partial charge in [-0.25, -0.2) is 9.59 Å². The topological polar surface area (TPSA) is 72.8 Å². The number of aliphatic hydroxyl groups excluding tert-OH is 1. The lowest BCUT2D eigenvalue weighted by atomic mass is 9.81. The third-order valence-electron chi connectivity index (χ3n) is 6.03. The molecule has 2 saturated carbocycles. The zero-order valence-corrected chi connectivity index (χ0v) is 15.0. The van der Waals surface area contributed by atoms with Crippen LogP contribution in [0.2, 0.25) is 0 Å². The van der Waals surface area contributed by atoms with Gasteiger partial charge in [0.1, 0.15) is 12.2 Å². The molecule has 4 rings (SSSR count). The van der Waals surface area contributed by atoms with E-state index in [2.05, 4.69) is 19.7 Å². The molecule has 0 aromatic heterocycles. The molecule has 2 aliphatic carbocycles. The minimum Gasteiger partial charge on any atom is -0.458 e. The fourth-order valence-electron chi connectivity index (χ4n) is 4.66. The summed E-state index contributed by atoms with van der Waals surface area (Å²) in [6.45, 7) is 12.1. The van der Waals surface area contributed by atoms with E-state index in [0.717, 1.165) is 5.57 Å². The van der Waals surface area contributed by atoms with Crippen LogP contribution in [0.1, 0.15) is 23.2 Å². The minimum absolute atomic E-state index is 0.0607. The lowest BCUT2D eigenvalue weighted by Crippen LogP contribution is -2.34. The Balaban J connectivity index is 1.60. The van der Waals surface area contributed by atoms with Crippen molar-refractivity contribution in [3.63, 3.8) is 0 Å². The van der Waals surface area contributed by atoms with Crippen molar-refractivity contribution >= 4 is 11.9 Å². The summed E-state index contributed by atoms with van der Waals surface area (Å²) < 4.78 is 11.3. The SMILES string of the molecule is C=C1C(=O)O[C@@H]2[C@H]3C(=C)[C@@H](OC(=O)c4ccccc4)C[C@H]3C(=C)C[C@H](O)[C@@H]12. The lowest BCUT2D eigenvalue weighted by Gasteiger charge is -2.27. The Morgan fingerprint density at radius 2 is 1.85 bits per heavy atom. The van der Waals surface area contributed by atoms with Crippen molar-refractivity contribution < 1.29 is 24.2 Å². The molecular formula is C22H22O5. The predicted octanol–water partition coefficient (Wildman–Crippen LogP) is 2.82. The lowest BCUT2D eigenvalue weighted by molar-refractivity contribution is -0.141. The smallest absolute Gasteiger partial charge is 0.338 e. The van der Waals surface area contributed by atoms with E-state index in [-0.39, 0.29) is 11.8 Å². The van der Waals surface area contributed by atoms with Crippen LogP contribution in [-0.4, -0.2) is 35.4 Å². The summed E-state index contributed by atoms with van der Waals surface area (Å²) in [5.41, 5.74) is 2.34. The van der Waals surface area contributed by atoms with Gasteiger partial charge in [-0.2, -0.15) is 0 Å². The third kappa shape index (κ3) is 2.82. The van der Waals surface area contributed by atoms with Gasteiger partial charge < -0.3 is 14.6 Å². The van der Waals surface area contributed by atoms with E-state index in [9.17, 15) is 14.7 Å². The van der Waals surface area contributed by atoms with Gasteiger partial charge in [0.2, 0.25) is 0 Å². The highest BCUT2D eigenvalue weighted by atomic mass is 16.6. The molecule has 1 aliphatic heterocycles. The highest BCUT2D eigenvalue weighted by Gasteiger charge is 2.56. The molecule has 5 heteroatoms. The highest BCUT2D eigenvalue weighted by molar-refractivity contribution is 5.91. The molecule has 0 amide bonds. The molecule has 1 aromatic rings. The van der Waals surface area contributed by atoms with E-state index in [0.29, 0.717) is 29.6 Å². The van der Waals surface area contributed by atoms with Crippen LogP contribution in [0.15, 0.2) is 66.8 Å². The number of fused-ring (bicyclic) bond motifs is 3. The molecular weight excluding hydrogens is 344 g/mol. The highest BCUT2D eigenvalue weighted by Crippen LogP contribution is 2.52. The standard InChI is InChI=1S/C22H22O5/c1-11-9-16(23)19-13(3)21(24)27-20(19)18-12(2)17(10-15(11)18)26-22(25)14-7-5-4-6-8-14/h4-8,15-20,23H,1-3,9-10H2/t15-,16-,17-,18-,19+,20+/m0/s1. The number of ether oxygens (including phenoxy) is 2. The van der Waals surface area contributed by atoms with Crippen LogP contribution < -0.4 is 0 Å². The summed E-state index contributed by atoms with van der Waals surface area (Å²) >= 11 is 0. The van der Waals surface area contributed by atoms with Crippen molar-refractivity contribution in [2.45, 2.75) is 31.2 Å². The van der Waals surface area contributed by atoms with E-state index >= 15 is 0 Å². The summed E-state index contributed by atoms with van der Waals surface area (Å²) in [6.07, 6.45) is -0.888. The van der Waals surface area contributed by atoms with Crippen molar-refractivity contribution in [2.75, 3.05) is 0 Å².